The number of hydrogen-bond acceptors (Lipinski definition) is 5. The van der Waals surface area contributed by atoms with Crippen molar-refractivity contribution in [2.75, 3.05) is 18.4 Å². The molecular weight excluding hydrogens is 276 g/mol. The van der Waals surface area contributed by atoms with Gasteiger partial charge in [-0.15, -0.1) is 0 Å². The van der Waals surface area contributed by atoms with Crippen molar-refractivity contribution in [2.45, 2.75) is 31.6 Å². The molecule has 22 heavy (non-hydrogen) atoms. The number of nitrogens with one attached hydrogen (secondary N) is 1. The number of nitrogens with zero attached hydrogens (tertiary/aromatic N) is 2. The van der Waals surface area contributed by atoms with Crippen LogP contribution in [0.5, 0.6) is 5.75 Å². The molecule has 2 aromatic rings. The average molecular weight is 298 g/mol. The van der Waals surface area contributed by atoms with E-state index in [1.165, 1.54) is 6.42 Å². The summed E-state index contributed by atoms with van der Waals surface area (Å²) in [6.45, 7) is 1.41. The van der Waals surface area contributed by atoms with Gasteiger partial charge in [-0.05, 0) is 37.9 Å². The highest BCUT2D eigenvalue weighted by atomic mass is 16.3. The summed E-state index contributed by atoms with van der Waals surface area (Å²) in [6, 6.07) is 7.29. The van der Waals surface area contributed by atoms with E-state index < -0.39 is 0 Å². The van der Waals surface area contributed by atoms with E-state index in [0.29, 0.717) is 12.5 Å². The van der Waals surface area contributed by atoms with E-state index in [4.69, 9.17) is 10.7 Å². The lowest BCUT2D eigenvalue weighted by Gasteiger charge is -2.24. The summed E-state index contributed by atoms with van der Waals surface area (Å²) in [4.78, 5) is 9.25. The predicted octanol–water partition coefficient (Wildman–Crippen LogP) is 2.88. The quantitative estimate of drug-likeness (QED) is 0.714. The number of nitrogens with two attached hydrogens (primary N) is 1. The Labute approximate surface area is 130 Å². The monoisotopic (exact) mass is 298 g/mol. The van der Waals surface area contributed by atoms with Gasteiger partial charge in [0.2, 0.25) is 0 Å². The number of phenolic OH excluding ortho intramolecular Hbond substituents is 1. The largest absolute Gasteiger partial charge is 0.507 e. The van der Waals surface area contributed by atoms with Crippen molar-refractivity contribution in [1.82, 2.24) is 9.97 Å². The van der Waals surface area contributed by atoms with Gasteiger partial charge < -0.3 is 16.2 Å². The van der Waals surface area contributed by atoms with Crippen LogP contribution in [0.2, 0.25) is 0 Å². The predicted molar refractivity (Wildman–Crippen MR) is 87.9 cm³/mol. The lowest BCUT2D eigenvalue weighted by atomic mass is 9.85. The Morgan fingerprint density at radius 2 is 2.09 bits per heavy atom. The van der Waals surface area contributed by atoms with E-state index in [9.17, 15) is 5.11 Å². The summed E-state index contributed by atoms with van der Waals surface area (Å²) in [5.41, 5.74) is 7.90. The minimum absolute atomic E-state index is 0.239. The number of benzene rings is 1. The third-order valence-electron chi connectivity index (χ3n) is 4.13. The molecule has 1 aromatic carbocycles. The fourth-order valence-corrected chi connectivity index (χ4v) is 2.59. The molecule has 0 aliphatic heterocycles. The molecule has 0 amide bonds. The van der Waals surface area contributed by atoms with Crippen LogP contribution in [-0.2, 0) is 0 Å². The van der Waals surface area contributed by atoms with E-state index in [1.807, 2.05) is 24.4 Å². The maximum absolute atomic E-state index is 10.2. The van der Waals surface area contributed by atoms with E-state index in [0.717, 1.165) is 48.6 Å². The Kier molecular flexibility index (Phi) is 4.53. The van der Waals surface area contributed by atoms with Crippen LogP contribution in [0.15, 0.2) is 30.5 Å². The minimum Gasteiger partial charge on any atom is -0.507 e. The SMILES string of the molecule is NCCCNc1cnc(C2CCC2)nc1-c1ccccc1O. The van der Waals surface area contributed by atoms with Crippen molar-refractivity contribution in [3.63, 3.8) is 0 Å². The maximum Gasteiger partial charge on any atom is 0.132 e. The number of hydrogen-bond donors (Lipinski definition) is 3. The maximum atomic E-state index is 10.2. The van der Waals surface area contributed by atoms with Gasteiger partial charge in [-0.2, -0.15) is 0 Å². The molecule has 0 radical (unpaired) electrons. The standard InChI is InChI=1S/C17H22N4O/c18-9-4-10-19-14-11-20-17(12-5-3-6-12)21-16(14)13-7-1-2-8-15(13)22/h1-2,7-8,11-12,19,22H,3-6,9-10,18H2. The van der Waals surface area contributed by atoms with Crippen molar-refractivity contribution in [1.29, 1.82) is 0 Å². The number of phenols is 1. The Hall–Kier alpha value is -2.14. The molecule has 1 aliphatic rings. The van der Waals surface area contributed by atoms with Crippen LogP contribution >= 0.6 is 0 Å². The lowest BCUT2D eigenvalue weighted by molar-refractivity contribution is 0.401. The summed E-state index contributed by atoms with van der Waals surface area (Å²) in [7, 11) is 0. The smallest absolute Gasteiger partial charge is 0.132 e. The highest BCUT2D eigenvalue weighted by Gasteiger charge is 2.24. The van der Waals surface area contributed by atoms with Crippen molar-refractivity contribution < 1.29 is 5.11 Å². The lowest BCUT2D eigenvalue weighted by Crippen LogP contribution is -2.15. The highest BCUT2D eigenvalue weighted by Crippen LogP contribution is 2.38. The molecule has 116 valence electrons. The normalized spacial score (nSPS) is 14.6. The van der Waals surface area contributed by atoms with Gasteiger partial charge in [0.15, 0.2) is 0 Å². The molecule has 1 aliphatic carbocycles. The van der Waals surface area contributed by atoms with E-state index in [2.05, 4.69) is 10.3 Å². The molecule has 4 N–H and O–H groups in total. The number of anilines is 1. The van der Waals surface area contributed by atoms with Crippen molar-refractivity contribution in [3.05, 3.63) is 36.3 Å². The van der Waals surface area contributed by atoms with Crippen molar-refractivity contribution >= 4 is 5.69 Å². The average Bonchev–Trinajstić information content (AvgIpc) is 2.47. The molecular formula is C17H22N4O. The van der Waals surface area contributed by atoms with Crippen LogP contribution in [0.1, 0.15) is 37.4 Å². The summed E-state index contributed by atoms with van der Waals surface area (Å²) >= 11 is 0. The zero-order chi connectivity index (χ0) is 15.4. The zero-order valence-corrected chi connectivity index (χ0v) is 12.6. The molecule has 1 heterocycles. The first kappa shape index (κ1) is 14.8. The second kappa shape index (κ2) is 6.75. The van der Waals surface area contributed by atoms with Crippen LogP contribution in [-0.4, -0.2) is 28.2 Å². The molecule has 0 unspecified atom stereocenters. The topological polar surface area (TPSA) is 84.1 Å². The molecule has 5 heteroatoms. The molecule has 0 atom stereocenters. The van der Waals surface area contributed by atoms with Gasteiger partial charge in [0.1, 0.15) is 17.3 Å². The molecule has 0 saturated heterocycles. The molecule has 1 aromatic heterocycles. The fraction of sp³-hybridized carbons (Fsp3) is 0.412. The molecule has 3 rings (SSSR count). The summed E-state index contributed by atoms with van der Waals surface area (Å²) in [5, 5.41) is 13.5. The summed E-state index contributed by atoms with van der Waals surface area (Å²) in [6.07, 6.45) is 6.26. The Morgan fingerprint density at radius 1 is 1.27 bits per heavy atom. The van der Waals surface area contributed by atoms with Gasteiger partial charge in [-0.1, -0.05) is 18.6 Å². The van der Waals surface area contributed by atoms with Gasteiger partial charge in [-0.25, -0.2) is 9.97 Å². The second-order valence-corrected chi connectivity index (χ2v) is 5.70. The van der Waals surface area contributed by atoms with Gasteiger partial charge in [-0.3, -0.25) is 0 Å². The number of aromatic nitrogens is 2. The van der Waals surface area contributed by atoms with Crippen LogP contribution in [0, 0.1) is 0 Å². The van der Waals surface area contributed by atoms with Crippen LogP contribution < -0.4 is 11.1 Å². The number of rotatable bonds is 6. The second-order valence-electron chi connectivity index (χ2n) is 5.70. The zero-order valence-electron chi connectivity index (χ0n) is 12.6. The van der Waals surface area contributed by atoms with Crippen molar-refractivity contribution in [2.24, 2.45) is 5.73 Å². The van der Waals surface area contributed by atoms with Gasteiger partial charge in [0, 0.05) is 18.0 Å². The van der Waals surface area contributed by atoms with E-state index in [-0.39, 0.29) is 5.75 Å². The van der Waals surface area contributed by atoms with Crippen LogP contribution in [0.3, 0.4) is 0 Å². The van der Waals surface area contributed by atoms with Crippen molar-refractivity contribution in [3.8, 4) is 17.0 Å². The van der Waals surface area contributed by atoms with Gasteiger partial charge in [0.25, 0.3) is 0 Å². The molecule has 0 spiro atoms. The molecule has 0 bridgehead atoms. The number of para-hydroxylation sites is 1. The van der Waals surface area contributed by atoms with Crippen LogP contribution in [0.4, 0.5) is 5.69 Å². The molecule has 5 nitrogen and oxygen atoms in total. The third kappa shape index (κ3) is 3.04. The summed E-state index contributed by atoms with van der Waals surface area (Å²) < 4.78 is 0. The van der Waals surface area contributed by atoms with Gasteiger partial charge >= 0.3 is 0 Å². The first-order chi connectivity index (χ1) is 10.8. The van der Waals surface area contributed by atoms with E-state index in [1.54, 1.807) is 6.07 Å². The fourth-order valence-electron chi connectivity index (χ4n) is 2.59. The van der Waals surface area contributed by atoms with Crippen LogP contribution in [0.25, 0.3) is 11.3 Å². The Bertz CT molecular complexity index is 640. The third-order valence-corrected chi connectivity index (χ3v) is 4.13. The first-order valence-electron chi connectivity index (χ1n) is 7.89. The number of aromatic hydroxyl groups is 1. The minimum atomic E-state index is 0.239. The Balaban J connectivity index is 1.96. The molecule has 1 saturated carbocycles. The van der Waals surface area contributed by atoms with Gasteiger partial charge in [0.05, 0.1) is 11.9 Å². The highest BCUT2D eigenvalue weighted by molar-refractivity contribution is 5.77. The summed E-state index contributed by atoms with van der Waals surface area (Å²) in [5.74, 6) is 1.58. The van der Waals surface area contributed by atoms with E-state index >= 15 is 0 Å². The Morgan fingerprint density at radius 3 is 2.77 bits per heavy atom. The first-order valence-corrected chi connectivity index (χ1v) is 7.89. The molecule has 1 fully saturated rings.